The average Bonchev–Trinajstić information content (AvgIpc) is 3.23. The highest BCUT2D eigenvalue weighted by molar-refractivity contribution is 14.0. The lowest BCUT2D eigenvalue weighted by atomic mass is 10.1. The van der Waals surface area contributed by atoms with Gasteiger partial charge in [-0.3, -0.25) is 9.79 Å². The Labute approximate surface area is 181 Å². The number of amides is 1. The van der Waals surface area contributed by atoms with Crippen LogP contribution in [0.2, 0.25) is 0 Å². The number of carbonyl (C=O) groups excluding carboxylic acids is 1. The lowest BCUT2D eigenvalue weighted by molar-refractivity contribution is -0.142. The van der Waals surface area contributed by atoms with E-state index in [2.05, 4.69) is 15.2 Å². The molecule has 1 unspecified atom stereocenters. The predicted octanol–water partition coefficient (Wildman–Crippen LogP) is 2.02. The summed E-state index contributed by atoms with van der Waals surface area (Å²) in [6.07, 6.45) is 1.83. The van der Waals surface area contributed by atoms with E-state index in [1.165, 1.54) is 6.07 Å². The highest BCUT2D eigenvalue weighted by atomic mass is 127. The summed E-state index contributed by atoms with van der Waals surface area (Å²) in [5.74, 6) is -0.841. The molecule has 2 aliphatic heterocycles. The number of ether oxygens (including phenoxy) is 1. The third kappa shape index (κ3) is 5.53. The largest absolute Gasteiger partial charge is 0.368 e. The molecular weight excluding hydrogens is 481 g/mol. The summed E-state index contributed by atoms with van der Waals surface area (Å²) >= 11 is 0. The molecule has 0 aliphatic carbocycles. The molecule has 3 rings (SSSR count). The molecule has 0 bridgehead atoms. The first-order valence-electron chi connectivity index (χ1n) is 9.39. The van der Waals surface area contributed by atoms with Crippen molar-refractivity contribution in [2.24, 2.45) is 4.99 Å². The molecule has 0 aromatic heterocycles. The van der Waals surface area contributed by atoms with Crippen molar-refractivity contribution in [1.29, 1.82) is 0 Å². The van der Waals surface area contributed by atoms with E-state index in [0.717, 1.165) is 18.9 Å². The molecule has 28 heavy (non-hydrogen) atoms. The zero-order valence-corrected chi connectivity index (χ0v) is 18.3. The maximum Gasteiger partial charge on any atom is 0.251 e. The van der Waals surface area contributed by atoms with Gasteiger partial charge in [-0.1, -0.05) is 12.1 Å². The van der Waals surface area contributed by atoms with Gasteiger partial charge in [-0.2, -0.15) is 0 Å². The minimum Gasteiger partial charge on any atom is -0.368 e. The van der Waals surface area contributed by atoms with E-state index in [0.29, 0.717) is 57.3 Å². The summed E-state index contributed by atoms with van der Waals surface area (Å²) in [6, 6.07) is 4.20. The average molecular weight is 508 g/mol. The number of nitrogens with zero attached hydrogens (tertiary/aromatic N) is 3. The van der Waals surface area contributed by atoms with Gasteiger partial charge >= 0.3 is 0 Å². The Morgan fingerprint density at radius 2 is 1.96 bits per heavy atom. The molecule has 1 aromatic carbocycles. The maximum absolute atomic E-state index is 13.7. The van der Waals surface area contributed by atoms with E-state index in [1.54, 1.807) is 13.1 Å². The molecule has 1 amide bonds. The van der Waals surface area contributed by atoms with Crippen LogP contribution in [0.1, 0.15) is 18.4 Å². The van der Waals surface area contributed by atoms with Crippen LogP contribution in [0.25, 0.3) is 0 Å². The quantitative estimate of drug-likeness (QED) is 0.385. The summed E-state index contributed by atoms with van der Waals surface area (Å²) in [4.78, 5) is 20.6. The van der Waals surface area contributed by atoms with E-state index in [4.69, 9.17) is 4.74 Å². The highest BCUT2D eigenvalue weighted by Gasteiger charge is 2.30. The molecule has 0 saturated carbocycles. The number of nitrogens with one attached hydrogen (secondary N) is 1. The molecule has 1 aromatic rings. The molecule has 2 fully saturated rings. The van der Waals surface area contributed by atoms with Crippen LogP contribution in [0.5, 0.6) is 0 Å². The van der Waals surface area contributed by atoms with Gasteiger partial charge in [0.15, 0.2) is 17.6 Å². The number of hydrogen-bond donors (Lipinski definition) is 1. The van der Waals surface area contributed by atoms with Gasteiger partial charge < -0.3 is 19.9 Å². The second-order valence-corrected chi connectivity index (χ2v) is 6.75. The number of carbonyl (C=O) groups is 1. The fourth-order valence-electron chi connectivity index (χ4n) is 3.50. The van der Waals surface area contributed by atoms with Gasteiger partial charge in [0.05, 0.1) is 0 Å². The van der Waals surface area contributed by atoms with Crippen molar-refractivity contribution in [3.8, 4) is 0 Å². The minimum absolute atomic E-state index is 0. The molecule has 1 N–H and O–H groups in total. The van der Waals surface area contributed by atoms with Gasteiger partial charge in [0, 0.05) is 46.4 Å². The molecule has 2 aliphatic rings. The maximum atomic E-state index is 13.7. The second-order valence-electron chi connectivity index (χ2n) is 6.75. The van der Waals surface area contributed by atoms with Crippen LogP contribution < -0.4 is 5.32 Å². The van der Waals surface area contributed by atoms with Gasteiger partial charge in [-0.25, -0.2) is 8.78 Å². The number of halogens is 3. The Kier molecular flexibility index (Phi) is 8.87. The molecule has 0 radical (unpaired) electrons. The van der Waals surface area contributed by atoms with Crippen molar-refractivity contribution >= 4 is 35.8 Å². The van der Waals surface area contributed by atoms with Crippen molar-refractivity contribution in [2.45, 2.75) is 25.4 Å². The number of hydrogen-bond acceptors (Lipinski definition) is 3. The van der Waals surface area contributed by atoms with E-state index in [1.807, 2.05) is 4.90 Å². The van der Waals surface area contributed by atoms with Crippen molar-refractivity contribution in [3.05, 3.63) is 35.4 Å². The summed E-state index contributed by atoms with van der Waals surface area (Å²) in [6.45, 7) is 3.70. The molecule has 1 atom stereocenters. The van der Waals surface area contributed by atoms with E-state index < -0.39 is 11.6 Å². The first kappa shape index (κ1) is 22.8. The summed E-state index contributed by atoms with van der Waals surface area (Å²) in [7, 11) is 1.69. The third-order valence-electron chi connectivity index (χ3n) is 5.02. The number of piperazine rings is 1. The Morgan fingerprint density at radius 1 is 1.25 bits per heavy atom. The van der Waals surface area contributed by atoms with Crippen LogP contribution in [0.3, 0.4) is 0 Å². The topological polar surface area (TPSA) is 57.2 Å². The van der Waals surface area contributed by atoms with E-state index >= 15 is 0 Å². The molecule has 2 heterocycles. The Hall–Kier alpha value is -1.49. The van der Waals surface area contributed by atoms with Crippen molar-refractivity contribution in [1.82, 2.24) is 15.1 Å². The van der Waals surface area contributed by atoms with Crippen molar-refractivity contribution < 1.29 is 18.3 Å². The molecule has 9 heteroatoms. The van der Waals surface area contributed by atoms with Gasteiger partial charge in [0.2, 0.25) is 0 Å². The highest BCUT2D eigenvalue weighted by Crippen LogP contribution is 2.16. The van der Waals surface area contributed by atoms with E-state index in [9.17, 15) is 13.6 Å². The van der Waals surface area contributed by atoms with Gasteiger partial charge in [0.1, 0.15) is 6.10 Å². The van der Waals surface area contributed by atoms with Gasteiger partial charge in [-0.15, -0.1) is 24.0 Å². The monoisotopic (exact) mass is 508 g/mol. The molecule has 2 saturated heterocycles. The number of aliphatic imine (C=N–C) groups is 1. The fourth-order valence-corrected chi connectivity index (χ4v) is 3.50. The summed E-state index contributed by atoms with van der Waals surface area (Å²) in [5, 5.41) is 3.19. The van der Waals surface area contributed by atoms with Crippen molar-refractivity contribution in [3.63, 3.8) is 0 Å². The first-order valence-corrected chi connectivity index (χ1v) is 9.39. The smallest absolute Gasteiger partial charge is 0.251 e. The van der Waals surface area contributed by atoms with Crippen LogP contribution in [0.4, 0.5) is 8.78 Å². The minimum atomic E-state index is -0.830. The molecular formula is C19H27F2IN4O2. The fraction of sp³-hybridized carbons (Fsp3) is 0.579. The second kappa shape index (κ2) is 10.9. The standard InChI is InChI=1S/C19H26F2N4O2.HI/c1-22-19(23-8-7-14-4-2-5-15(20)17(14)21)25-11-9-24(10-12-25)18(26)16-6-3-13-27-16;/h2,4-5,16H,3,6-13H2,1H3,(H,22,23);1H. The number of rotatable bonds is 4. The van der Waals surface area contributed by atoms with Crippen LogP contribution in [0.15, 0.2) is 23.2 Å². The van der Waals surface area contributed by atoms with Crippen LogP contribution in [-0.2, 0) is 16.0 Å². The lowest BCUT2D eigenvalue weighted by Crippen LogP contribution is -2.55. The van der Waals surface area contributed by atoms with Crippen LogP contribution in [0, 0.1) is 11.6 Å². The van der Waals surface area contributed by atoms with Gasteiger partial charge in [0.25, 0.3) is 5.91 Å². The summed E-state index contributed by atoms with van der Waals surface area (Å²) < 4.78 is 32.5. The summed E-state index contributed by atoms with van der Waals surface area (Å²) in [5.41, 5.74) is 0.338. The van der Waals surface area contributed by atoms with Crippen LogP contribution in [-0.4, -0.2) is 74.1 Å². The molecule has 0 spiro atoms. The van der Waals surface area contributed by atoms with Gasteiger partial charge in [-0.05, 0) is 30.9 Å². The SMILES string of the molecule is CN=C(NCCc1cccc(F)c1F)N1CCN(C(=O)C2CCCO2)CC1.I. The molecule has 6 nitrogen and oxygen atoms in total. The number of benzene rings is 1. The zero-order chi connectivity index (χ0) is 19.2. The third-order valence-corrected chi connectivity index (χ3v) is 5.02. The first-order chi connectivity index (χ1) is 13.1. The van der Waals surface area contributed by atoms with Crippen molar-refractivity contribution in [2.75, 3.05) is 46.4 Å². The van der Waals surface area contributed by atoms with Crippen LogP contribution >= 0.6 is 24.0 Å². The Balaban J connectivity index is 0.00000280. The normalized spacial score (nSPS) is 20.1. The Morgan fingerprint density at radius 3 is 2.61 bits per heavy atom. The Bertz CT molecular complexity index is 691. The zero-order valence-electron chi connectivity index (χ0n) is 16.0. The number of guanidine groups is 1. The molecule has 156 valence electrons. The lowest BCUT2D eigenvalue weighted by Gasteiger charge is -2.37. The predicted molar refractivity (Wildman–Crippen MR) is 114 cm³/mol. The van der Waals surface area contributed by atoms with E-state index in [-0.39, 0.29) is 36.0 Å².